The number of nitriles is 1. The molecule has 0 aliphatic carbocycles. The van der Waals surface area contributed by atoms with Gasteiger partial charge in [0.2, 0.25) is 0 Å². The van der Waals surface area contributed by atoms with Crippen LogP contribution in [0.3, 0.4) is 0 Å². The fraction of sp³-hybridized carbons (Fsp3) is 0.308. The van der Waals surface area contributed by atoms with Crippen LogP contribution >= 0.6 is 0 Å². The lowest BCUT2D eigenvalue weighted by molar-refractivity contribution is 0.489. The Hall–Kier alpha value is -1.95. The van der Waals surface area contributed by atoms with Crippen molar-refractivity contribution in [2.45, 2.75) is 13.5 Å². The molecule has 0 fully saturated rings. The minimum Gasteiger partial charge on any atom is -0.370 e. The first-order valence-corrected chi connectivity index (χ1v) is 5.56. The van der Waals surface area contributed by atoms with Crippen LogP contribution in [0.25, 0.3) is 10.9 Å². The number of fused-ring (bicyclic) bond motifs is 3. The van der Waals surface area contributed by atoms with Crippen LogP contribution in [-0.2, 0) is 6.54 Å². The molecule has 1 aliphatic rings. The third-order valence-corrected chi connectivity index (χ3v) is 3.19. The van der Waals surface area contributed by atoms with Gasteiger partial charge in [0, 0.05) is 18.5 Å². The highest BCUT2D eigenvalue weighted by molar-refractivity contribution is 5.92. The molecule has 0 saturated carbocycles. The number of nitrogens with zero attached hydrogens (tertiary/aromatic N) is 2. The molecule has 16 heavy (non-hydrogen) atoms. The van der Waals surface area contributed by atoms with Crippen LogP contribution in [0, 0.1) is 17.2 Å². The van der Waals surface area contributed by atoms with E-state index in [4.69, 9.17) is 0 Å². The zero-order valence-electron chi connectivity index (χ0n) is 9.20. The number of hydrogen-bond acceptors (Lipinski definition) is 2. The maximum atomic E-state index is 9.24. The van der Waals surface area contributed by atoms with Crippen LogP contribution in [0.5, 0.6) is 0 Å². The average molecular weight is 211 g/mol. The van der Waals surface area contributed by atoms with E-state index in [0.717, 1.165) is 35.4 Å². The van der Waals surface area contributed by atoms with E-state index in [1.807, 2.05) is 18.2 Å². The second-order valence-electron chi connectivity index (χ2n) is 4.45. The minimum atomic E-state index is 0.606. The lowest BCUT2D eigenvalue weighted by Crippen LogP contribution is -2.25. The lowest BCUT2D eigenvalue weighted by Gasteiger charge is -2.23. The summed E-state index contributed by atoms with van der Waals surface area (Å²) in [6, 6.07) is 10.4. The first-order valence-electron chi connectivity index (χ1n) is 5.56. The van der Waals surface area contributed by atoms with Crippen LogP contribution in [0.1, 0.15) is 12.5 Å². The van der Waals surface area contributed by atoms with E-state index in [9.17, 15) is 5.26 Å². The molecule has 1 aliphatic heterocycles. The van der Waals surface area contributed by atoms with Crippen molar-refractivity contribution in [2.24, 2.45) is 5.92 Å². The number of anilines is 1. The van der Waals surface area contributed by atoms with Gasteiger partial charge >= 0.3 is 0 Å². The average Bonchev–Trinajstić information content (AvgIpc) is 2.62. The standard InChI is InChI=1S/C13H13N3/c1-9-7-15-13-11(6-14)10-4-2-3-5-12(10)16(13)8-9/h2-5,9,15H,7-8H2,1H3/t9-/m0/s1. The lowest BCUT2D eigenvalue weighted by atomic mass is 10.1. The summed E-state index contributed by atoms with van der Waals surface area (Å²) in [6.07, 6.45) is 0. The molecule has 0 saturated heterocycles. The SMILES string of the molecule is C[C@H]1CNc2c(C#N)c3ccccc3n2C1. The molecule has 2 aromatic rings. The van der Waals surface area contributed by atoms with E-state index in [2.05, 4.69) is 28.9 Å². The van der Waals surface area contributed by atoms with Crippen molar-refractivity contribution in [1.29, 1.82) is 5.26 Å². The van der Waals surface area contributed by atoms with Gasteiger partial charge in [0.05, 0.1) is 5.52 Å². The first-order chi connectivity index (χ1) is 7.81. The molecule has 0 spiro atoms. The Morgan fingerprint density at radius 2 is 2.25 bits per heavy atom. The van der Waals surface area contributed by atoms with Crippen LogP contribution in [-0.4, -0.2) is 11.1 Å². The van der Waals surface area contributed by atoms with E-state index in [1.54, 1.807) is 0 Å². The summed E-state index contributed by atoms with van der Waals surface area (Å²) in [7, 11) is 0. The number of hydrogen-bond donors (Lipinski definition) is 1. The predicted molar refractivity (Wildman–Crippen MR) is 64.3 cm³/mol. The van der Waals surface area contributed by atoms with Crippen molar-refractivity contribution in [3.63, 3.8) is 0 Å². The molecule has 3 nitrogen and oxygen atoms in total. The number of aromatic nitrogens is 1. The minimum absolute atomic E-state index is 0.606. The Morgan fingerprint density at radius 1 is 1.44 bits per heavy atom. The summed E-state index contributed by atoms with van der Waals surface area (Å²) in [5, 5.41) is 13.7. The van der Waals surface area contributed by atoms with Gasteiger partial charge in [0.1, 0.15) is 17.5 Å². The van der Waals surface area contributed by atoms with Crippen LogP contribution in [0.2, 0.25) is 0 Å². The van der Waals surface area contributed by atoms with E-state index in [1.165, 1.54) is 0 Å². The molecule has 1 aromatic heterocycles. The highest BCUT2D eigenvalue weighted by atomic mass is 15.1. The number of nitrogens with one attached hydrogen (secondary N) is 1. The van der Waals surface area contributed by atoms with E-state index < -0.39 is 0 Å². The molecule has 1 aromatic carbocycles. The summed E-state index contributed by atoms with van der Waals surface area (Å²) < 4.78 is 2.22. The second kappa shape index (κ2) is 3.28. The quantitative estimate of drug-likeness (QED) is 0.727. The third-order valence-electron chi connectivity index (χ3n) is 3.19. The molecule has 1 N–H and O–H groups in total. The summed E-state index contributed by atoms with van der Waals surface area (Å²) in [5.41, 5.74) is 1.94. The largest absolute Gasteiger partial charge is 0.370 e. The zero-order valence-corrected chi connectivity index (χ0v) is 9.20. The van der Waals surface area contributed by atoms with Gasteiger partial charge in [0.25, 0.3) is 0 Å². The maximum absolute atomic E-state index is 9.24. The molecule has 3 heteroatoms. The Labute approximate surface area is 94.3 Å². The molecule has 80 valence electrons. The van der Waals surface area contributed by atoms with Crippen LogP contribution in [0.4, 0.5) is 5.82 Å². The molecule has 0 bridgehead atoms. The predicted octanol–water partition coefficient (Wildman–Crippen LogP) is 2.57. The number of para-hydroxylation sites is 1. The molecule has 0 unspecified atom stereocenters. The van der Waals surface area contributed by atoms with E-state index >= 15 is 0 Å². The van der Waals surface area contributed by atoms with Crippen molar-refractivity contribution >= 4 is 16.7 Å². The Balaban J connectivity index is 2.37. The summed E-state index contributed by atoms with van der Waals surface area (Å²) in [5.74, 6) is 1.59. The van der Waals surface area contributed by atoms with Gasteiger partial charge in [-0.05, 0) is 12.0 Å². The Kier molecular flexibility index (Phi) is 1.90. The Morgan fingerprint density at radius 3 is 3.06 bits per heavy atom. The van der Waals surface area contributed by atoms with Gasteiger partial charge in [-0.15, -0.1) is 0 Å². The second-order valence-corrected chi connectivity index (χ2v) is 4.45. The smallest absolute Gasteiger partial charge is 0.125 e. The summed E-state index contributed by atoms with van der Waals surface area (Å²) in [6.45, 7) is 4.16. The molecular formula is C13H13N3. The third kappa shape index (κ3) is 1.13. The van der Waals surface area contributed by atoms with Gasteiger partial charge in [0.15, 0.2) is 0 Å². The fourth-order valence-electron chi connectivity index (χ4n) is 2.44. The molecular weight excluding hydrogens is 198 g/mol. The molecule has 0 radical (unpaired) electrons. The Bertz CT molecular complexity index is 589. The molecule has 3 rings (SSSR count). The van der Waals surface area contributed by atoms with Crippen molar-refractivity contribution in [2.75, 3.05) is 11.9 Å². The summed E-state index contributed by atoms with van der Waals surface area (Å²) in [4.78, 5) is 0. The van der Waals surface area contributed by atoms with Crippen molar-refractivity contribution in [3.8, 4) is 6.07 Å². The molecule has 1 atom stereocenters. The van der Waals surface area contributed by atoms with Crippen molar-refractivity contribution in [1.82, 2.24) is 4.57 Å². The van der Waals surface area contributed by atoms with Gasteiger partial charge in [-0.25, -0.2) is 0 Å². The monoisotopic (exact) mass is 211 g/mol. The fourth-order valence-corrected chi connectivity index (χ4v) is 2.44. The van der Waals surface area contributed by atoms with Crippen LogP contribution < -0.4 is 5.32 Å². The number of benzene rings is 1. The van der Waals surface area contributed by atoms with Gasteiger partial charge in [-0.1, -0.05) is 25.1 Å². The maximum Gasteiger partial charge on any atom is 0.125 e. The highest BCUT2D eigenvalue weighted by Crippen LogP contribution is 2.32. The highest BCUT2D eigenvalue weighted by Gasteiger charge is 2.21. The van der Waals surface area contributed by atoms with Gasteiger partial charge < -0.3 is 9.88 Å². The first kappa shape index (κ1) is 9.29. The van der Waals surface area contributed by atoms with Gasteiger partial charge in [-0.2, -0.15) is 5.26 Å². The number of rotatable bonds is 0. The molecule has 0 amide bonds. The molecule has 2 heterocycles. The summed E-state index contributed by atoms with van der Waals surface area (Å²) >= 11 is 0. The normalized spacial score (nSPS) is 18.9. The topological polar surface area (TPSA) is 40.8 Å². The van der Waals surface area contributed by atoms with Gasteiger partial charge in [-0.3, -0.25) is 0 Å². The zero-order chi connectivity index (χ0) is 11.1. The van der Waals surface area contributed by atoms with Crippen molar-refractivity contribution in [3.05, 3.63) is 29.8 Å². The van der Waals surface area contributed by atoms with Crippen LogP contribution in [0.15, 0.2) is 24.3 Å². The van der Waals surface area contributed by atoms with E-state index in [0.29, 0.717) is 5.92 Å². The van der Waals surface area contributed by atoms with E-state index in [-0.39, 0.29) is 0 Å². The van der Waals surface area contributed by atoms with Crippen molar-refractivity contribution < 1.29 is 0 Å².